The summed E-state index contributed by atoms with van der Waals surface area (Å²) >= 11 is 0. The quantitative estimate of drug-likeness (QED) is 0.691. The zero-order valence-electron chi connectivity index (χ0n) is 7.86. The molecule has 1 aromatic heterocycles. The van der Waals surface area contributed by atoms with Crippen LogP contribution in [0.25, 0.3) is 0 Å². The number of hydrogen-bond donors (Lipinski definition) is 0. The van der Waals surface area contributed by atoms with Crippen LogP contribution in [0.2, 0.25) is 0 Å². The predicted molar refractivity (Wildman–Crippen MR) is 49.5 cm³/mol. The second-order valence-corrected chi connectivity index (χ2v) is 3.55. The van der Waals surface area contributed by atoms with Gasteiger partial charge in [0.2, 0.25) is 0 Å². The molecule has 1 atom stereocenters. The van der Waals surface area contributed by atoms with Crippen molar-refractivity contribution in [3.8, 4) is 0 Å². The van der Waals surface area contributed by atoms with Gasteiger partial charge in [0.05, 0.1) is 0 Å². The van der Waals surface area contributed by atoms with Crippen LogP contribution >= 0.6 is 0 Å². The molecule has 70 valence electrons. The minimum atomic E-state index is 0.397. The van der Waals surface area contributed by atoms with E-state index in [9.17, 15) is 4.79 Å². The van der Waals surface area contributed by atoms with Crippen LogP contribution in [0.3, 0.4) is 0 Å². The average molecular weight is 178 g/mol. The maximum Gasteiger partial charge on any atom is 0.133 e. The highest BCUT2D eigenvalue weighted by atomic mass is 16.1. The van der Waals surface area contributed by atoms with Crippen molar-refractivity contribution in [1.82, 2.24) is 9.78 Å². The molecule has 0 radical (unpaired) electrons. The molecule has 1 aromatic rings. The predicted octanol–water partition coefficient (Wildman–Crippen LogP) is 1.74. The first kappa shape index (κ1) is 8.48. The van der Waals surface area contributed by atoms with Crippen molar-refractivity contribution >= 4 is 5.78 Å². The van der Waals surface area contributed by atoms with Gasteiger partial charge in [0, 0.05) is 37.2 Å². The van der Waals surface area contributed by atoms with E-state index in [1.54, 1.807) is 0 Å². The number of ketones is 1. The van der Waals surface area contributed by atoms with Crippen LogP contribution in [0.15, 0.2) is 12.3 Å². The van der Waals surface area contributed by atoms with E-state index in [1.807, 2.05) is 16.9 Å². The summed E-state index contributed by atoms with van der Waals surface area (Å²) in [5.41, 5.74) is 1.23. The maximum atomic E-state index is 11.1. The number of rotatable bonds is 2. The van der Waals surface area contributed by atoms with Crippen molar-refractivity contribution in [3.05, 3.63) is 18.0 Å². The maximum absolute atomic E-state index is 11.1. The second kappa shape index (κ2) is 3.32. The van der Waals surface area contributed by atoms with Gasteiger partial charge in [0.25, 0.3) is 0 Å². The van der Waals surface area contributed by atoms with Crippen molar-refractivity contribution in [2.75, 3.05) is 0 Å². The summed E-state index contributed by atoms with van der Waals surface area (Å²) < 4.78 is 1.99. The molecule has 3 heteroatoms. The van der Waals surface area contributed by atoms with Gasteiger partial charge in [0.1, 0.15) is 5.78 Å². The van der Waals surface area contributed by atoms with Gasteiger partial charge in [-0.15, -0.1) is 0 Å². The van der Waals surface area contributed by atoms with Crippen LogP contribution in [0.5, 0.6) is 0 Å². The van der Waals surface area contributed by atoms with E-state index < -0.39 is 0 Å². The van der Waals surface area contributed by atoms with Gasteiger partial charge in [-0.1, -0.05) is 0 Å². The van der Waals surface area contributed by atoms with Gasteiger partial charge in [-0.3, -0.25) is 9.48 Å². The summed E-state index contributed by atoms with van der Waals surface area (Å²) in [6, 6.07) is 2.03. The number of carbonyl (C=O) groups is 1. The first-order chi connectivity index (χ1) is 6.31. The van der Waals surface area contributed by atoms with Crippen LogP contribution in [-0.4, -0.2) is 15.6 Å². The SMILES string of the molecule is CCn1nccc1[C@H]1CCC(=O)C1. The van der Waals surface area contributed by atoms with E-state index in [-0.39, 0.29) is 0 Å². The molecule has 1 aliphatic rings. The van der Waals surface area contributed by atoms with Crippen LogP contribution in [-0.2, 0) is 11.3 Å². The summed E-state index contributed by atoms with van der Waals surface area (Å²) in [5.74, 6) is 0.823. The number of hydrogen-bond acceptors (Lipinski definition) is 2. The van der Waals surface area contributed by atoms with E-state index in [2.05, 4.69) is 12.0 Å². The van der Waals surface area contributed by atoms with E-state index in [1.165, 1.54) is 5.69 Å². The average Bonchev–Trinajstić information content (AvgIpc) is 2.71. The first-order valence-electron chi connectivity index (χ1n) is 4.84. The fourth-order valence-electron chi connectivity index (χ4n) is 2.02. The van der Waals surface area contributed by atoms with Crippen molar-refractivity contribution in [3.63, 3.8) is 0 Å². The molecule has 0 unspecified atom stereocenters. The highest BCUT2D eigenvalue weighted by Crippen LogP contribution is 2.31. The van der Waals surface area contributed by atoms with Crippen molar-refractivity contribution in [2.24, 2.45) is 0 Å². The topological polar surface area (TPSA) is 34.9 Å². The number of Topliss-reactive ketones (excluding diaryl/α,β-unsaturated/α-hetero) is 1. The lowest BCUT2D eigenvalue weighted by Crippen LogP contribution is -2.06. The summed E-state index contributed by atoms with van der Waals surface area (Å²) in [7, 11) is 0. The molecule has 0 spiro atoms. The highest BCUT2D eigenvalue weighted by molar-refractivity contribution is 5.81. The summed E-state index contributed by atoms with van der Waals surface area (Å²) in [6.45, 7) is 2.97. The molecule has 0 aromatic carbocycles. The Morgan fingerprint density at radius 1 is 1.69 bits per heavy atom. The first-order valence-corrected chi connectivity index (χ1v) is 4.84. The van der Waals surface area contributed by atoms with E-state index in [0.717, 1.165) is 19.4 Å². The second-order valence-electron chi connectivity index (χ2n) is 3.55. The van der Waals surface area contributed by atoms with Crippen molar-refractivity contribution < 1.29 is 4.79 Å². The number of carbonyl (C=O) groups excluding carboxylic acids is 1. The zero-order valence-corrected chi connectivity index (χ0v) is 7.86. The molecule has 0 N–H and O–H groups in total. The van der Waals surface area contributed by atoms with Crippen molar-refractivity contribution in [1.29, 1.82) is 0 Å². The van der Waals surface area contributed by atoms with Gasteiger partial charge in [-0.25, -0.2) is 0 Å². The lowest BCUT2D eigenvalue weighted by Gasteiger charge is -2.09. The molecule has 1 fully saturated rings. The van der Waals surface area contributed by atoms with Gasteiger partial charge >= 0.3 is 0 Å². The summed E-state index contributed by atoms with van der Waals surface area (Å²) in [4.78, 5) is 11.1. The molecule has 2 rings (SSSR count). The normalized spacial score (nSPS) is 22.5. The Balaban J connectivity index is 2.20. The van der Waals surface area contributed by atoms with Gasteiger partial charge in [-0.2, -0.15) is 5.10 Å². The lowest BCUT2D eigenvalue weighted by molar-refractivity contribution is -0.117. The third-order valence-corrected chi connectivity index (χ3v) is 2.71. The molecule has 13 heavy (non-hydrogen) atoms. The third-order valence-electron chi connectivity index (χ3n) is 2.71. The molecule has 0 aliphatic heterocycles. The number of aryl methyl sites for hydroxylation is 1. The number of aromatic nitrogens is 2. The largest absolute Gasteiger partial charge is 0.300 e. The molecular formula is C10H14N2O. The fraction of sp³-hybridized carbons (Fsp3) is 0.600. The van der Waals surface area contributed by atoms with E-state index in [4.69, 9.17) is 0 Å². The Morgan fingerprint density at radius 2 is 2.54 bits per heavy atom. The molecule has 1 saturated carbocycles. The smallest absolute Gasteiger partial charge is 0.133 e. The Labute approximate surface area is 77.7 Å². The summed E-state index contributed by atoms with van der Waals surface area (Å²) in [6.07, 6.45) is 4.29. The van der Waals surface area contributed by atoms with Crippen LogP contribution < -0.4 is 0 Å². The van der Waals surface area contributed by atoms with Crippen LogP contribution in [0.4, 0.5) is 0 Å². The van der Waals surface area contributed by atoms with Crippen molar-refractivity contribution in [2.45, 2.75) is 38.6 Å². The molecule has 1 aliphatic carbocycles. The van der Waals surface area contributed by atoms with Gasteiger partial charge in [-0.05, 0) is 19.4 Å². The van der Waals surface area contributed by atoms with E-state index in [0.29, 0.717) is 18.1 Å². The molecule has 0 saturated heterocycles. The minimum absolute atomic E-state index is 0.397. The Kier molecular flexibility index (Phi) is 2.17. The monoisotopic (exact) mass is 178 g/mol. The van der Waals surface area contributed by atoms with Crippen LogP contribution in [0.1, 0.15) is 37.8 Å². The standard InChI is InChI=1S/C10H14N2O/c1-2-12-10(5-6-11-12)8-3-4-9(13)7-8/h5-6,8H,2-4,7H2,1H3/t8-/m0/s1. The highest BCUT2D eigenvalue weighted by Gasteiger charge is 2.25. The molecule has 0 amide bonds. The Bertz CT molecular complexity index is 316. The zero-order chi connectivity index (χ0) is 9.26. The number of nitrogens with zero attached hydrogens (tertiary/aromatic N) is 2. The third kappa shape index (κ3) is 1.50. The van der Waals surface area contributed by atoms with Gasteiger partial charge in [0.15, 0.2) is 0 Å². The molecule has 3 nitrogen and oxygen atoms in total. The molecular weight excluding hydrogens is 164 g/mol. The summed E-state index contributed by atoms with van der Waals surface area (Å²) in [5, 5.41) is 4.21. The van der Waals surface area contributed by atoms with E-state index >= 15 is 0 Å². The molecule has 0 bridgehead atoms. The minimum Gasteiger partial charge on any atom is -0.300 e. The van der Waals surface area contributed by atoms with Crippen LogP contribution in [0, 0.1) is 0 Å². The molecule has 1 heterocycles. The Hall–Kier alpha value is -1.12. The fourth-order valence-corrected chi connectivity index (χ4v) is 2.02. The van der Waals surface area contributed by atoms with Gasteiger partial charge < -0.3 is 0 Å². The Morgan fingerprint density at radius 3 is 3.15 bits per heavy atom. The lowest BCUT2D eigenvalue weighted by atomic mass is 10.0.